The van der Waals surface area contributed by atoms with Crippen LogP contribution in [0.15, 0.2) is 45.3 Å². The monoisotopic (exact) mass is 452 g/mol. The first kappa shape index (κ1) is 14.4. The highest BCUT2D eigenvalue weighted by atomic mass is 79.9. The third kappa shape index (κ3) is 3.50. The first-order valence-corrected chi connectivity index (χ1v) is 8.16. The van der Waals surface area contributed by atoms with Crippen molar-refractivity contribution in [1.29, 1.82) is 0 Å². The maximum atomic E-state index is 6.17. The highest BCUT2D eigenvalue weighted by molar-refractivity contribution is 9.11. The fraction of sp³-hybridized carbons (Fsp3) is 0.0769. The van der Waals surface area contributed by atoms with Crippen LogP contribution in [0.25, 0.3) is 0 Å². The van der Waals surface area contributed by atoms with E-state index >= 15 is 0 Å². The fourth-order valence-electron chi connectivity index (χ4n) is 1.39. The zero-order valence-corrected chi connectivity index (χ0v) is 14.6. The molecule has 2 rings (SSSR count). The molecule has 0 amide bonds. The molecule has 0 spiro atoms. The van der Waals surface area contributed by atoms with E-state index in [-0.39, 0.29) is 0 Å². The summed E-state index contributed by atoms with van der Waals surface area (Å²) in [6.45, 7) is 0. The number of halogens is 4. The third-order valence-electron chi connectivity index (χ3n) is 2.26. The zero-order chi connectivity index (χ0) is 13.1. The molecule has 2 aromatic rings. The molecule has 0 saturated carbocycles. The molecule has 0 aromatic heterocycles. The molecule has 0 bridgehead atoms. The van der Waals surface area contributed by atoms with E-state index in [1.54, 1.807) is 0 Å². The number of hydrogen-bond donors (Lipinski definition) is 0. The molecule has 0 aliphatic heterocycles. The summed E-state index contributed by atoms with van der Waals surface area (Å²) in [6.07, 6.45) is 0. The quantitative estimate of drug-likeness (QED) is 0.477. The van der Waals surface area contributed by atoms with Crippen molar-refractivity contribution in [1.82, 2.24) is 0 Å². The van der Waals surface area contributed by atoms with E-state index in [1.165, 1.54) is 0 Å². The molecule has 18 heavy (non-hydrogen) atoms. The largest absolute Gasteiger partial charge is 0.455 e. The molecule has 0 N–H and O–H groups in total. The third-order valence-corrected chi connectivity index (χ3v) is 4.32. The van der Waals surface area contributed by atoms with Crippen molar-refractivity contribution in [3.8, 4) is 11.5 Å². The van der Waals surface area contributed by atoms with Crippen molar-refractivity contribution in [2.24, 2.45) is 0 Å². The highest BCUT2D eigenvalue weighted by Gasteiger charge is 2.07. The Bertz CT molecular complexity index is 572. The highest BCUT2D eigenvalue weighted by Crippen LogP contribution is 2.35. The van der Waals surface area contributed by atoms with Crippen molar-refractivity contribution in [2.75, 3.05) is 0 Å². The number of ether oxygens (including phenoxy) is 1. The first-order chi connectivity index (χ1) is 8.60. The minimum absolute atomic E-state index is 0.599. The average molecular weight is 455 g/mol. The SMILES string of the molecule is Clc1cc(CBr)ccc1Oc1ccc(Br)cc1Br. The van der Waals surface area contributed by atoms with Gasteiger partial charge in [-0.15, -0.1) is 0 Å². The Morgan fingerprint density at radius 1 is 1.00 bits per heavy atom. The zero-order valence-electron chi connectivity index (χ0n) is 9.09. The Labute approximate surface area is 136 Å². The maximum absolute atomic E-state index is 6.17. The van der Waals surface area contributed by atoms with E-state index < -0.39 is 0 Å². The number of hydrogen-bond acceptors (Lipinski definition) is 1. The second-order valence-electron chi connectivity index (χ2n) is 3.58. The molecule has 2 aromatic carbocycles. The van der Waals surface area contributed by atoms with E-state index in [0.717, 1.165) is 25.6 Å². The molecule has 1 nitrogen and oxygen atoms in total. The summed E-state index contributed by atoms with van der Waals surface area (Å²) < 4.78 is 7.64. The van der Waals surface area contributed by atoms with Gasteiger partial charge in [0.1, 0.15) is 11.5 Å². The van der Waals surface area contributed by atoms with Gasteiger partial charge < -0.3 is 4.74 Å². The van der Waals surface area contributed by atoms with E-state index in [0.29, 0.717) is 10.8 Å². The Kier molecular flexibility index (Phi) is 5.13. The number of rotatable bonds is 3. The number of benzene rings is 2. The van der Waals surface area contributed by atoms with Crippen LogP contribution in [0.3, 0.4) is 0 Å². The fourth-order valence-corrected chi connectivity index (χ4v) is 3.11. The summed E-state index contributed by atoms with van der Waals surface area (Å²) in [4.78, 5) is 0. The van der Waals surface area contributed by atoms with Crippen LogP contribution in [0.1, 0.15) is 5.56 Å². The lowest BCUT2D eigenvalue weighted by molar-refractivity contribution is 0.479. The van der Waals surface area contributed by atoms with Crippen molar-refractivity contribution < 1.29 is 4.74 Å². The summed E-state index contributed by atoms with van der Waals surface area (Å²) in [5.41, 5.74) is 1.11. The Hall–Kier alpha value is -0.0300. The lowest BCUT2D eigenvalue weighted by atomic mass is 10.2. The minimum Gasteiger partial charge on any atom is -0.455 e. The molecule has 0 saturated heterocycles. The number of alkyl halides is 1. The summed E-state index contributed by atoms with van der Waals surface area (Å²) in [6, 6.07) is 11.5. The molecule has 5 heteroatoms. The molecule has 0 aliphatic rings. The van der Waals surface area contributed by atoms with Crippen LogP contribution in [-0.4, -0.2) is 0 Å². The topological polar surface area (TPSA) is 9.23 Å². The van der Waals surface area contributed by atoms with Crippen molar-refractivity contribution in [3.05, 3.63) is 55.9 Å². The van der Waals surface area contributed by atoms with E-state index in [2.05, 4.69) is 47.8 Å². The average Bonchev–Trinajstić information content (AvgIpc) is 2.34. The molecule has 0 atom stereocenters. The van der Waals surface area contributed by atoms with Gasteiger partial charge in [-0.05, 0) is 51.8 Å². The lowest BCUT2D eigenvalue weighted by Crippen LogP contribution is -1.88. The molecular formula is C13H8Br3ClO. The molecule has 0 unspecified atom stereocenters. The first-order valence-electron chi connectivity index (χ1n) is 5.07. The standard InChI is InChI=1S/C13H8Br3ClO/c14-7-8-1-3-13(11(17)5-8)18-12-4-2-9(15)6-10(12)16/h1-6H,7H2. The predicted octanol–water partition coefficient (Wildman–Crippen LogP) is 6.55. The molecule has 0 aliphatic carbocycles. The van der Waals surface area contributed by atoms with Crippen LogP contribution >= 0.6 is 59.4 Å². The summed E-state index contributed by atoms with van der Waals surface area (Å²) in [5, 5.41) is 1.37. The molecule has 94 valence electrons. The van der Waals surface area contributed by atoms with Gasteiger partial charge in [-0.1, -0.05) is 49.5 Å². The van der Waals surface area contributed by atoms with Gasteiger partial charge in [-0.2, -0.15) is 0 Å². The van der Waals surface area contributed by atoms with E-state index in [4.69, 9.17) is 16.3 Å². The van der Waals surface area contributed by atoms with Crippen LogP contribution < -0.4 is 4.74 Å². The van der Waals surface area contributed by atoms with Gasteiger partial charge in [0.25, 0.3) is 0 Å². The predicted molar refractivity (Wildman–Crippen MR) is 86.0 cm³/mol. The molecule has 0 heterocycles. The van der Waals surface area contributed by atoms with Crippen molar-refractivity contribution >= 4 is 59.4 Å². The van der Waals surface area contributed by atoms with Crippen LogP contribution in [0, 0.1) is 0 Å². The van der Waals surface area contributed by atoms with Gasteiger partial charge in [0.05, 0.1) is 9.50 Å². The Balaban J connectivity index is 2.28. The van der Waals surface area contributed by atoms with Crippen LogP contribution in [0.4, 0.5) is 0 Å². The van der Waals surface area contributed by atoms with E-state index in [1.807, 2.05) is 36.4 Å². The van der Waals surface area contributed by atoms with Crippen LogP contribution in [0.2, 0.25) is 5.02 Å². The maximum Gasteiger partial charge on any atom is 0.146 e. The van der Waals surface area contributed by atoms with Crippen LogP contribution in [-0.2, 0) is 5.33 Å². The molecular weight excluding hydrogens is 447 g/mol. The molecule has 0 fully saturated rings. The van der Waals surface area contributed by atoms with Gasteiger partial charge in [0.2, 0.25) is 0 Å². The van der Waals surface area contributed by atoms with Crippen molar-refractivity contribution in [2.45, 2.75) is 5.33 Å². The van der Waals surface area contributed by atoms with Gasteiger partial charge in [0, 0.05) is 9.80 Å². The van der Waals surface area contributed by atoms with Gasteiger partial charge in [0.15, 0.2) is 0 Å². The van der Waals surface area contributed by atoms with Crippen LogP contribution in [0.5, 0.6) is 11.5 Å². The summed E-state index contributed by atoms with van der Waals surface area (Å²) >= 11 is 16.4. The second kappa shape index (κ2) is 6.42. The second-order valence-corrected chi connectivity index (χ2v) is 6.31. The summed E-state index contributed by atoms with van der Waals surface area (Å²) in [7, 11) is 0. The summed E-state index contributed by atoms with van der Waals surface area (Å²) in [5.74, 6) is 1.37. The van der Waals surface area contributed by atoms with Gasteiger partial charge in [-0.3, -0.25) is 0 Å². The molecule has 0 radical (unpaired) electrons. The Morgan fingerprint density at radius 2 is 1.72 bits per heavy atom. The minimum atomic E-state index is 0.599. The van der Waals surface area contributed by atoms with Gasteiger partial charge in [-0.25, -0.2) is 0 Å². The Morgan fingerprint density at radius 3 is 2.33 bits per heavy atom. The van der Waals surface area contributed by atoms with Gasteiger partial charge >= 0.3 is 0 Å². The lowest BCUT2D eigenvalue weighted by Gasteiger charge is -2.10. The van der Waals surface area contributed by atoms with Crippen molar-refractivity contribution in [3.63, 3.8) is 0 Å². The smallest absolute Gasteiger partial charge is 0.146 e. The normalized spacial score (nSPS) is 10.4. The van der Waals surface area contributed by atoms with E-state index in [9.17, 15) is 0 Å².